The van der Waals surface area contributed by atoms with Gasteiger partial charge >= 0.3 is 0 Å². The monoisotopic (exact) mass is 227 g/mol. The average Bonchev–Trinajstić information content (AvgIpc) is 2.86. The van der Waals surface area contributed by atoms with Crippen LogP contribution < -0.4 is 4.90 Å². The number of nitrogens with zero attached hydrogens (tertiary/aromatic N) is 3. The van der Waals surface area contributed by atoms with E-state index in [1.165, 1.54) is 32.1 Å². The second kappa shape index (κ2) is 4.37. The fourth-order valence-corrected chi connectivity index (χ4v) is 3.46. The Hall–Kier alpha value is -1.56. The number of aromatic nitrogens is 1. The quantitative estimate of drug-likeness (QED) is 0.740. The zero-order chi connectivity index (χ0) is 11.7. The number of rotatable bonds is 1. The molecule has 1 saturated carbocycles. The highest BCUT2D eigenvalue weighted by molar-refractivity contribution is 5.58. The molecule has 0 N–H and O–H groups in total. The van der Waals surface area contributed by atoms with Gasteiger partial charge in [-0.1, -0.05) is 6.42 Å². The fraction of sp³-hybridized carbons (Fsp3) is 0.571. The Kier molecular flexibility index (Phi) is 2.72. The maximum absolute atomic E-state index is 9.19. The smallest absolute Gasteiger partial charge is 0.101 e. The van der Waals surface area contributed by atoms with Crippen molar-refractivity contribution in [2.24, 2.45) is 5.92 Å². The van der Waals surface area contributed by atoms with E-state index in [0.29, 0.717) is 6.04 Å². The normalized spacial score (nSPS) is 27.6. The molecule has 2 fully saturated rings. The molecule has 2 aliphatic rings. The second-order valence-corrected chi connectivity index (χ2v) is 5.10. The first-order valence-electron chi connectivity index (χ1n) is 6.51. The minimum Gasteiger partial charge on any atom is -0.366 e. The highest BCUT2D eigenvalue weighted by Crippen LogP contribution is 2.39. The van der Waals surface area contributed by atoms with Crippen LogP contribution in [-0.4, -0.2) is 17.6 Å². The third-order valence-electron chi connectivity index (χ3n) is 4.22. The number of hydrogen-bond acceptors (Lipinski definition) is 3. The molecule has 0 spiro atoms. The maximum atomic E-state index is 9.19. The van der Waals surface area contributed by atoms with E-state index in [1.54, 1.807) is 6.20 Å². The van der Waals surface area contributed by atoms with Gasteiger partial charge < -0.3 is 4.90 Å². The average molecular weight is 227 g/mol. The molecule has 3 rings (SSSR count). The van der Waals surface area contributed by atoms with Crippen LogP contribution in [0.3, 0.4) is 0 Å². The topological polar surface area (TPSA) is 39.9 Å². The van der Waals surface area contributed by atoms with E-state index < -0.39 is 0 Å². The van der Waals surface area contributed by atoms with E-state index in [2.05, 4.69) is 16.0 Å². The summed E-state index contributed by atoms with van der Waals surface area (Å²) in [6.45, 7) is 1.08. The molecule has 1 aromatic rings. The summed E-state index contributed by atoms with van der Waals surface area (Å²) in [6, 6.07) is 4.77. The van der Waals surface area contributed by atoms with Crippen molar-refractivity contribution < 1.29 is 0 Å². The number of fused-ring (bicyclic) bond motifs is 1. The van der Waals surface area contributed by atoms with Gasteiger partial charge in [0.05, 0.1) is 17.4 Å². The van der Waals surface area contributed by atoms with Crippen LogP contribution >= 0.6 is 0 Å². The number of piperidine rings is 1. The van der Waals surface area contributed by atoms with Crippen molar-refractivity contribution >= 4 is 5.69 Å². The Labute approximate surface area is 102 Å². The predicted molar refractivity (Wildman–Crippen MR) is 66.7 cm³/mol. The van der Waals surface area contributed by atoms with Gasteiger partial charge in [0, 0.05) is 18.8 Å². The van der Waals surface area contributed by atoms with Crippen LogP contribution in [0.2, 0.25) is 0 Å². The molecule has 0 aromatic carbocycles. The van der Waals surface area contributed by atoms with Crippen molar-refractivity contribution in [1.82, 2.24) is 4.98 Å². The van der Waals surface area contributed by atoms with E-state index >= 15 is 0 Å². The van der Waals surface area contributed by atoms with Crippen LogP contribution in [-0.2, 0) is 0 Å². The standard InChI is InChI=1S/C14H17N3/c15-9-12-6-7-16-10-14(12)17-8-2-4-11-3-1-5-13(11)17/h6-7,10-11,13H,1-5,8H2. The zero-order valence-electron chi connectivity index (χ0n) is 9.97. The highest BCUT2D eigenvalue weighted by Gasteiger charge is 2.35. The number of anilines is 1. The lowest BCUT2D eigenvalue weighted by atomic mass is 9.91. The summed E-state index contributed by atoms with van der Waals surface area (Å²) in [4.78, 5) is 6.63. The summed E-state index contributed by atoms with van der Waals surface area (Å²) in [6.07, 6.45) is 10.2. The van der Waals surface area contributed by atoms with Crippen LogP contribution in [0, 0.1) is 17.2 Å². The molecule has 17 heavy (non-hydrogen) atoms. The Bertz CT molecular complexity index is 449. The molecule has 1 aliphatic heterocycles. The van der Waals surface area contributed by atoms with E-state index in [9.17, 15) is 5.26 Å². The van der Waals surface area contributed by atoms with Crippen LogP contribution in [0.25, 0.3) is 0 Å². The molecule has 1 aromatic heterocycles. The molecule has 0 radical (unpaired) electrons. The molecule has 0 amide bonds. The molecule has 3 heteroatoms. The number of pyridine rings is 1. The van der Waals surface area contributed by atoms with Gasteiger partial charge in [-0.2, -0.15) is 5.26 Å². The van der Waals surface area contributed by atoms with E-state index in [0.717, 1.165) is 23.7 Å². The van der Waals surface area contributed by atoms with Crippen LogP contribution in [0.4, 0.5) is 5.69 Å². The van der Waals surface area contributed by atoms with Gasteiger partial charge in [-0.3, -0.25) is 4.98 Å². The SMILES string of the molecule is N#Cc1ccncc1N1CCCC2CCCC21. The van der Waals surface area contributed by atoms with E-state index in [-0.39, 0.29) is 0 Å². The molecule has 1 aliphatic carbocycles. The maximum Gasteiger partial charge on any atom is 0.101 e. The Balaban J connectivity index is 1.95. The minimum atomic E-state index is 0.653. The van der Waals surface area contributed by atoms with Crippen molar-refractivity contribution in [3.63, 3.8) is 0 Å². The summed E-state index contributed by atoms with van der Waals surface area (Å²) >= 11 is 0. The number of nitriles is 1. The zero-order valence-corrected chi connectivity index (χ0v) is 9.97. The van der Waals surface area contributed by atoms with Gasteiger partial charge in [-0.25, -0.2) is 0 Å². The molecule has 3 nitrogen and oxygen atoms in total. The fourth-order valence-electron chi connectivity index (χ4n) is 3.46. The second-order valence-electron chi connectivity index (χ2n) is 5.10. The third-order valence-corrected chi connectivity index (χ3v) is 4.22. The highest BCUT2D eigenvalue weighted by atomic mass is 15.2. The van der Waals surface area contributed by atoms with Gasteiger partial charge in [0.25, 0.3) is 0 Å². The molecule has 1 saturated heterocycles. The Morgan fingerprint density at radius 3 is 3.06 bits per heavy atom. The summed E-state index contributed by atoms with van der Waals surface area (Å²) < 4.78 is 0. The summed E-state index contributed by atoms with van der Waals surface area (Å²) in [5, 5.41) is 9.19. The predicted octanol–water partition coefficient (Wildman–Crippen LogP) is 2.72. The Morgan fingerprint density at radius 1 is 1.29 bits per heavy atom. The van der Waals surface area contributed by atoms with E-state index in [1.807, 2.05) is 12.3 Å². The van der Waals surface area contributed by atoms with Crippen LogP contribution in [0.1, 0.15) is 37.7 Å². The number of hydrogen-bond donors (Lipinski definition) is 0. The lowest BCUT2D eigenvalue weighted by Gasteiger charge is -2.39. The van der Waals surface area contributed by atoms with Gasteiger partial charge in [-0.15, -0.1) is 0 Å². The van der Waals surface area contributed by atoms with Crippen molar-refractivity contribution in [3.05, 3.63) is 24.0 Å². The van der Waals surface area contributed by atoms with E-state index in [4.69, 9.17) is 0 Å². The first kappa shape index (κ1) is 10.6. The lowest BCUT2D eigenvalue weighted by molar-refractivity contribution is 0.362. The summed E-state index contributed by atoms with van der Waals surface area (Å²) in [7, 11) is 0. The molecular formula is C14H17N3. The van der Waals surface area contributed by atoms with Crippen LogP contribution in [0.5, 0.6) is 0 Å². The molecule has 2 atom stereocenters. The summed E-state index contributed by atoms with van der Waals surface area (Å²) in [5.74, 6) is 0.843. The van der Waals surface area contributed by atoms with Crippen molar-refractivity contribution in [3.8, 4) is 6.07 Å². The lowest BCUT2D eigenvalue weighted by Crippen LogP contribution is -2.43. The molecular weight excluding hydrogens is 210 g/mol. The first-order chi connectivity index (χ1) is 8.40. The largest absolute Gasteiger partial charge is 0.366 e. The molecule has 0 bridgehead atoms. The molecule has 2 unspecified atom stereocenters. The molecule has 2 heterocycles. The van der Waals surface area contributed by atoms with Gasteiger partial charge in [0.1, 0.15) is 6.07 Å². The molecule has 88 valence electrons. The third kappa shape index (κ3) is 1.78. The van der Waals surface area contributed by atoms with Gasteiger partial charge in [0.2, 0.25) is 0 Å². The first-order valence-corrected chi connectivity index (χ1v) is 6.51. The summed E-state index contributed by atoms with van der Waals surface area (Å²) in [5.41, 5.74) is 1.82. The van der Waals surface area contributed by atoms with Gasteiger partial charge in [-0.05, 0) is 37.7 Å². The van der Waals surface area contributed by atoms with Crippen LogP contribution in [0.15, 0.2) is 18.5 Å². The van der Waals surface area contributed by atoms with Crippen molar-refractivity contribution in [2.75, 3.05) is 11.4 Å². The van der Waals surface area contributed by atoms with Gasteiger partial charge in [0.15, 0.2) is 0 Å². The minimum absolute atomic E-state index is 0.653. The Morgan fingerprint density at radius 2 is 2.18 bits per heavy atom. The van der Waals surface area contributed by atoms with Crippen molar-refractivity contribution in [2.45, 2.75) is 38.1 Å². The van der Waals surface area contributed by atoms with Crippen molar-refractivity contribution in [1.29, 1.82) is 5.26 Å².